The molecule has 1 heterocycles. The summed E-state index contributed by atoms with van der Waals surface area (Å²) in [5.41, 5.74) is 0. The molecule has 5 heteroatoms. The summed E-state index contributed by atoms with van der Waals surface area (Å²) in [4.78, 5) is 24.2. The predicted molar refractivity (Wildman–Crippen MR) is 58.1 cm³/mol. The highest BCUT2D eigenvalue weighted by molar-refractivity contribution is 5.83. The Balaban J connectivity index is 2.47. The molecule has 1 N–H and O–H groups in total. The zero-order valence-electron chi connectivity index (χ0n) is 9.65. The highest BCUT2D eigenvalue weighted by Gasteiger charge is 2.31. The van der Waals surface area contributed by atoms with Crippen molar-refractivity contribution in [2.24, 2.45) is 0 Å². The lowest BCUT2D eigenvalue weighted by atomic mass is 10.0. The van der Waals surface area contributed by atoms with Crippen molar-refractivity contribution in [3.8, 4) is 0 Å². The standard InChI is InChI=1S/C11H19NO4/c1-2-16-8-6-10(13)12-7-4-3-5-9(12)11(14)15/h9H,2-8H2,1H3,(H,14,15). The van der Waals surface area contributed by atoms with E-state index in [-0.39, 0.29) is 12.3 Å². The second-order valence-electron chi connectivity index (χ2n) is 3.88. The van der Waals surface area contributed by atoms with Crippen molar-refractivity contribution < 1.29 is 19.4 Å². The number of carbonyl (C=O) groups excluding carboxylic acids is 1. The van der Waals surface area contributed by atoms with Crippen LogP contribution < -0.4 is 0 Å². The number of carboxylic acid groups (broad SMARTS) is 1. The van der Waals surface area contributed by atoms with Crippen LogP contribution in [0.25, 0.3) is 0 Å². The molecular formula is C11H19NO4. The normalized spacial score (nSPS) is 20.8. The maximum atomic E-state index is 11.8. The highest BCUT2D eigenvalue weighted by Crippen LogP contribution is 2.18. The molecule has 0 aliphatic carbocycles. The van der Waals surface area contributed by atoms with Gasteiger partial charge in [-0.15, -0.1) is 0 Å². The molecule has 0 aromatic rings. The van der Waals surface area contributed by atoms with Crippen molar-refractivity contribution in [3.05, 3.63) is 0 Å². The van der Waals surface area contributed by atoms with Crippen molar-refractivity contribution >= 4 is 11.9 Å². The molecule has 0 bridgehead atoms. The summed E-state index contributed by atoms with van der Waals surface area (Å²) >= 11 is 0. The molecule has 0 radical (unpaired) electrons. The number of rotatable bonds is 5. The summed E-state index contributed by atoms with van der Waals surface area (Å²) in [5.74, 6) is -1.01. The van der Waals surface area contributed by atoms with E-state index in [0.717, 1.165) is 12.8 Å². The lowest BCUT2D eigenvalue weighted by Gasteiger charge is -2.33. The maximum Gasteiger partial charge on any atom is 0.326 e. The van der Waals surface area contributed by atoms with Crippen molar-refractivity contribution in [2.75, 3.05) is 19.8 Å². The molecule has 0 aromatic carbocycles. The SMILES string of the molecule is CCOCCC(=O)N1CCCCC1C(=O)O. The Hall–Kier alpha value is -1.10. The Morgan fingerprint density at radius 1 is 1.44 bits per heavy atom. The van der Waals surface area contributed by atoms with Gasteiger partial charge < -0.3 is 14.7 Å². The van der Waals surface area contributed by atoms with Crippen LogP contribution in [0.15, 0.2) is 0 Å². The second-order valence-corrected chi connectivity index (χ2v) is 3.88. The third kappa shape index (κ3) is 3.48. The molecule has 92 valence electrons. The maximum absolute atomic E-state index is 11.8. The molecule has 1 aliphatic rings. The van der Waals surface area contributed by atoms with Gasteiger partial charge in [-0.05, 0) is 26.2 Å². The van der Waals surface area contributed by atoms with Gasteiger partial charge in [-0.2, -0.15) is 0 Å². The van der Waals surface area contributed by atoms with Gasteiger partial charge in [0.25, 0.3) is 0 Å². The van der Waals surface area contributed by atoms with Crippen LogP contribution >= 0.6 is 0 Å². The third-order valence-corrected chi connectivity index (χ3v) is 2.77. The second kappa shape index (κ2) is 6.48. The fourth-order valence-electron chi connectivity index (χ4n) is 1.93. The van der Waals surface area contributed by atoms with E-state index in [1.54, 1.807) is 0 Å². The fraction of sp³-hybridized carbons (Fsp3) is 0.818. The van der Waals surface area contributed by atoms with Crippen LogP contribution in [0.3, 0.4) is 0 Å². The summed E-state index contributed by atoms with van der Waals surface area (Å²) < 4.78 is 5.10. The largest absolute Gasteiger partial charge is 0.480 e. The Morgan fingerprint density at radius 3 is 2.81 bits per heavy atom. The van der Waals surface area contributed by atoms with Gasteiger partial charge in [0.15, 0.2) is 0 Å². The van der Waals surface area contributed by atoms with Crippen LogP contribution in [-0.2, 0) is 14.3 Å². The average molecular weight is 229 g/mol. The number of aliphatic carboxylic acids is 1. The molecular weight excluding hydrogens is 210 g/mol. The van der Waals surface area contributed by atoms with Crippen LogP contribution in [0.4, 0.5) is 0 Å². The molecule has 16 heavy (non-hydrogen) atoms. The Morgan fingerprint density at radius 2 is 2.19 bits per heavy atom. The number of amides is 1. The van der Waals surface area contributed by atoms with Crippen molar-refractivity contribution in [3.63, 3.8) is 0 Å². The number of carbonyl (C=O) groups is 2. The van der Waals surface area contributed by atoms with Crippen molar-refractivity contribution in [2.45, 2.75) is 38.6 Å². The Labute approximate surface area is 95.4 Å². The molecule has 1 amide bonds. The quantitative estimate of drug-likeness (QED) is 0.711. The first-order valence-corrected chi connectivity index (χ1v) is 5.76. The monoisotopic (exact) mass is 229 g/mol. The topological polar surface area (TPSA) is 66.8 Å². The van der Waals surface area contributed by atoms with E-state index < -0.39 is 12.0 Å². The fourth-order valence-corrected chi connectivity index (χ4v) is 1.93. The van der Waals surface area contributed by atoms with Crippen molar-refractivity contribution in [1.82, 2.24) is 4.90 Å². The summed E-state index contributed by atoms with van der Waals surface area (Å²) in [6.45, 7) is 3.38. The number of likely N-dealkylation sites (tertiary alicyclic amines) is 1. The lowest BCUT2D eigenvalue weighted by molar-refractivity contribution is -0.152. The summed E-state index contributed by atoms with van der Waals surface area (Å²) in [5, 5.41) is 9.00. The van der Waals surface area contributed by atoms with E-state index in [0.29, 0.717) is 26.2 Å². The van der Waals surface area contributed by atoms with Crippen LogP contribution in [0.5, 0.6) is 0 Å². The van der Waals surface area contributed by atoms with E-state index in [9.17, 15) is 9.59 Å². The highest BCUT2D eigenvalue weighted by atomic mass is 16.5. The molecule has 0 spiro atoms. The van der Waals surface area contributed by atoms with Gasteiger partial charge in [-0.25, -0.2) is 4.79 Å². The third-order valence-electron chi connectivity index (χ3n) is 2.77. The van der Waals surface area contributed by atoms with Gasteiger partial charge in [-0.1, -0.05) is 0 Å². The predicted octanol–water partition coefficient (Wildman–Crippen LogP) is 0.879. The van der Waals surface area contributed by atoms with Gasteiger partial charge >= 0.3 is 5.97 Å². The molecule has 0 aromatic heterocycles. The number of hydrogen-bond acceptors (Lipinski definition) is 3. The number of piperidine rings is 1. The smallest absolute Gasteiger partial charge is 0.326 e. The minimum absolute atomic E-state index is 0.111. The van der Waals surface area contributed by atoms with E-state index in [2.05, 4.69) is 0 Å². The van der Waals surface area contributed by atoms with E-state index in [4.69, 9.17) is 9.84 Å². The van der Waals surface area contributed by atoms with Gasteiger partial charge in [0.2, 0.25) is 5.91 Å². The first kappa shape index (κ1) is 13.0. The number of ether oxygens (including phenoxy) is 1. The van der Waals surface area contributed by atoms with Gasteiger partial charge in [0.05, 0.1) is 13.0 Å². The minimum atomic E-state index is -0.899. The molecule has 1 rings (SSSR count). The van der Waals surface area contributed by atoms with E-state index in [1.807, 2.05) is 6.92 Å². The molecule has 1 atom stereocenters. The van der Waals surface area contributed by atoms with Crippen LogP contribution in [0, 0.1) is 0 Å². The Bertz CT molecular complexity index is 254. The molecule has 1 unspecified atom stereocenters. The first-order chi connectivity index (χ1) is 7.66. The van der Waals surface area contributed by atoms with Gasteiger partial charge in [0, 0.05) is 13.2 Å². The average Bonchev–Trinajstić information content (AvgIpc) is 2.29. The van der Waals surface area contributed by atoms with Crippen LogP contribution in [0.1, 0.15) is 32.6 Å². The molecule has 1 saturated heterocycles. The van der Waals surface area contributed by atoms with Crippen LogP contribution in [0.2, 0.25) is 0 Å². The lowest BCUT2D eigenvalue weighted by Crippen LogP contribution is -2.48. The van der Waals surface area contributed by atoms with Crippen molar-refractivity contribution in [1.29, 1.82) is 0 Å². The zero-order chi connectivity index (χ0) is 12.0. The zero-order valence-corrected chi connectivity index (χ0v) is 9.65. The molecule has 1 fully saturated rings. The Kier molecular flexibility index (Phi) is 5.25. The van der Waals surface area contributed by atoms with Gasteiger partial charge in [0.1, 0.15) is 6.04 Å². The van der Waals surface area contributed by atoms with Crippen LogP contribution in [-0.4, -0.2) is 47.7 Å². The van der Waals surface area contributed by atoms with Gasteiger partial charge in [-0.3, -0.25) is 4.79 Å². The number of carboxylic acids is 1. The summed E-state index contributed by atoms with van der Waals surface area (Å²) in [6, 6.07) is -0.636. The summed E-state index contributed by atoms with van der Waals surface area (Å²) in [6.07, 6.45) is 2.61. The minimum Gasteiger partial charge on any atom is -0.480 e. The summed E-state index contributed by atoms with van der Waals surface area (Å²) in [7, 11) is 0. The van der Waals surface area contributed by atoms with E-state index in [1.165, 1.54) is 4.90 Å². The molecule has 5 nitrogen and oxygen atoms in total. The first-order valence-electron chi connectivity index (χ1n) is 5.76. The van der Waals surface area contributed by atoms with E-state index >= 15 is 0 Å². The number of hydrogen-bond donors (Lipinski definition) is 1. The molecule has 0 saturated carbocycles. The molecule has 1 aliphatic heterocycles. The number of nitrogens with zero attached hydrogens (tertiary/aromatic N) is 1.